The first-order valence-electron chi connectivity index (χ1n) is 18.9. The molecule has 0 aliphatic heterocycles. The van der Waals surface area contributed by atoms with Crippen molar-refractivity contribution in [2.75, 3.05) is 0 Å². The minimum atomic E-state index is 0.600. The van der Waals surface area contributed by atoms with E-state index in [-0.39, 0.29) is 0 Å². The standard InChI is InChI=1S/C51H30N4O/c1-4-12-31(13-5-1)49-52-50(32-14-6-2-7-15-32)54-51(53-49)35-24-27-39-38-26-23-34(29-45(38)56-46(39)30-35)33-22-25-37-40-18-10-20-43-47(40)48-41(42(37)28-33)19-11-21-44(48)55(43)36-16-8-3-9-17-36/h1-30H. The van der Waals surface area contributed by atoms with E-state index >= 15 is 0 Å². The van der Waals surface area contributed by atoms with Gasteiger partial charge in [-0.15, -0.1) is 0 Å². The first kappa shape index (κ1) is 30.8. The quantitative estimate of drug-likeness (QED) is 0.167. The van der Waals surface area contributed by atoms with Crippen LogP contribution in [0, 0.1) is 0 Å². The van der Waals surface area contributed by atoms with Gasteiger partial charge in [-0.25, -0.2) is 15.0 Å². The maximum Gasteiger partial charge on any atom is 0.164 e. The second-order valence-electron chi connectivity index (χ2n) is 14.4. The van der Waals surface area contributed by atoms with Gasteiger partial charge >= 0.3 is 0 Å². The molecular weight excluding hydrogens is 685 g/mol. The first-order valence-corrected chi connectivity index (χ1v) is 18.9. The van der Waals surface area contributed by atoms with Gasteiger partial charge in [-0.05, 0) is 87.3 Å². The lowest BCUT2D eigenvalue weighted by atomic mass is 9.92. The number of furan rings is 1. The van der Waals surface area contributed by atoms with Crippen LogP contribution in [0.25, 0.3) is 116 Å². The van der Waals surface area contributed by atoms with Crippen LogP contribution in [0.1, 0.15) is 0 Å². The van der Waals surface area contributed by atoms with Crippen LogP contribution in [0.15, 0.2) is 186 Å². The van der Waals surface area contributed by atoms with Crippen LogP contribution in [-0.2, 0) is 0 Å². The predicted octanol–water partition coefficient (Wildman–Crippen LogP) is 13.3. The molecule has 9 aromatic carbocycles. The van der Waals surface area contributed by atoms with Crippen LogP contribution in [0.3, 0.4) is 0 Å². The van der Waals surface area contributed by atoms with Crippen molar-refractivity contribution >= 4 is 65.3 Å². The van der Waals surface area contributed by atoms with E-state index in [1.807, 2.05) is 66.7 Å². The Morgan fingerprint density at radius 2 is 0.786 bits per heavy atom. The summed E-state index contributed by atoms with van der Waals surface area (Å²) in [5.41, 5.74) is 10.2. The highest BCUT2D eigenvalue weighted by Crippen LogP contribution is 2.45. The Kier molecular flexibility index (Phi) is 6.56. The molecule has 0 bridgehead atoms. The van der Waals surface area contributed by atoms with Crippen LogP contribution in [0.5, 0.6) is 0 Å². The molecule has 0 aliphatic carbocycles. The number of hydrogen-bond acceptors (Lipinski definition) is 4. The van der Waals surface area contributed by atoms with E-state index in [1.54, 1.807) is 0 Å². The average molecular weight is 715 g/mol. The molecule has 0 amide bonds. The predicted molar refractivity (Wildman–Crippen MR) is 229 cm³/mol. The van der Waals surface area contributed by atoms with E-state index in [9.17, 15) is 0 Å². The van der Waals surface area contributed by atoms with Gasteiger partial charge in [-0.1, -0.05) is 127 Å². The Bertz CT molecular complexity index is 3400. The zero-order valence-corrected chi connectivity index (χ0v) is 30.0. The monoisotopic (exact) mass is 714 g/mol. The molecule has 0 saturated carbocycles. The third kappa shape index (κ3) is 4.64. The Labute approximate surface area is 321 Å². The highest BCUT2D eigenvalue weighted by molar-refractivity contribution is 6.34. The minimum absolute atomic E-state index is 0.600. The van der Waals surface area contributed by atoms with E-state index in [4.69, 9.17) is 19.4 Å². The number of hydrogen-bond donors (Lipinski definition) is 0. The summed E-state index contributed by atoms with van der Waals surface area (Å²) in [6.45, 7) is 0. The van der Waals surface area contributed by atoms with Gasteiger partial charge in [0, 0.05) is 43.9 Å². The molecule has 56 heavy (non-hydrogen) atoms. The van der Waals surface area contributed by atoms with Crippen molar-refractivity contribution in [3.63, 3.8) is 0 Å². The van der Waals surface area contributed by atoms with Crippen molar-refractivity contribution in [2.24, 2.45) is 0 Å². The zero-order valence-electron chi connectivity index (χ0n) is 30.0. The molecule has 0 radical (unpaired) electrons. The van der Waals surface area contributed by atoms with Crippen LogP contribution < -0.4 is 0 Å². The molecule has 0 fully saturated rings. The maximum atomic E-state index is 6.62. The first-order chi connectivity index (χ1) is 27.7. The van der Waals surface area contributed by atoms with Gasteiger partial charge in [-0.2, -0.15) is 0 Å². The van der Waals surface area contributed by atoms with Crippen molar-refractivity contribution in [3.8, 4) is 51.0 Å². The summed E-state index contributed by atoms with van der Waals surface area (Å²) in [5.74, 6) is 1.86. The van der Waals surface area contributed by atoms with Gasteiger partial charge in [0.05, 0.1) is 11.0 Å². The van der Waals surface area contributed by atoms with Gasteiger partial charge in [-0.3, -0.25) is 0 Å². The van der Waals surface area contributed by atoms with E-state index < -0.39 is 0 Å². The van der Waals surface area contributed by atoms with E-state index in [0.717, 1.165) is 49.8 Å². The molecule has 5 nitrogen and oxygen atoms in total. The summed E-state index contributed by atoms with van der Waals surface area (Å²) in [6.07, 6.45) is 0. The minimum Gasteiger partial charge on any atom is -0.456 e. The lowest BCUT2D eigenvalue weighted by Gasteiger charge is -2.11. The smallest absolute Gasteiger partial charge is 0.164 e. The van der Waals surface area contributed by atoms with E-state index in [1.165, 1.54) is 49.0 Å². The lowest BCUT2D eigenvalue weighted by molar-refractivity contribution is 0.669. The van der Waals surface area contributed by atoms with Crippen molar-refractivity contribution in [2.45, 2.75) is 0 Å². The fourth-order valence-electron chi connectivity index (χ4n) is 8.63. The maximum absolute atomic E-state index is 6.62. The number of para-hydroxylation sites is 1. The van der Waals surface area contributed by atoms with Crippen molar-refractivity contribution < 1.29 is 4.42 Å². The fourth-order valence-corrected chi connectivity index (χ4v) is 8.63. The third-order valence-corrected chi connectivity index (χ3v) is 11.2. The van der Waals surface area contributed by atoms with Crippen molar-refractivity contribution in [1.82, 2.24) is 19.5 Å². The number of nitrogens with zero attached hydrogens (tertiary/aromatic N) is 4. The number of benzene rings is 9. The van der Waals surface area contributed by atoms with Gasteiger partial charge < -0.3 is 8.98 Å². The molecule has 3 aromatic heterocycles. The molecule has 5 heteroatoms. The Morgan fingerprint density at radius 1 is 0.321 bits per heavy atom. The van der Waals surface area contributed by atoms with Gasteiger partial charge in [0.25, 0.3) is 0 Å². The number of aromatic nitrogens is 4. The molecule has 0 unspecified atom stereocenters. The molecule has 260 valence electrons. The molecule has 12 aromatic rings. The van der Waals surface area contributed by atoms with Gasteiger partial charge in [0.2, 0.25) is 0 Å². The largest absolute Gasteiger partial charge is 0.456 e. The molecule has 0 saturated heterocycles. The summed E-state index contributed by atoms with van der Waals surface area (Å²) < 4.78 is 9.02. The van der Waals surface area contributed by atoms with Crippen LogP contribution in [-0.4, -0.2) is 19.5 Å². The molecule has 0 spiro atoms. The molecule has 12 rings (SSSR count). The topological polar surface area (TPSA) is 56.7 Å². The zero-order chi connectivity index (χ0) is 36.7. The molecule has 0 atom stereocenters. The van der Waals surface area contributed by atoms with Crippen LogP contribution in [0.2, 0.25) is 0 Å². The highest BCUT2D eigenvalue weighted by Gasteiger charge is 2.20. The summed E-state index contributed by atoms with van der Waals surface area (Å²) in [6, 6.07) is 63.8. The Balaban J connectivity index is 0.983. The second-order valence-corrected chi connectivity index (χ2v) is 14.4. The lowest BCUT2D eigenvalue weighted by Crippen LogP contribution is -2.00. The summed E-state index contributed by atoms with van der Waals surface area (Å²) in [5, 5.41) is 9.78. The molecule has 0 N–H and O–H groups in total. The average Bonchev–Trinajstić information content (AvgIpc) is 3.82. The van der Waals surface area contributed by atoms with Crippen molar-refractivity contribution in [3.05, 3.63) is 182 Å². The molecular formula is C51H30N4O. The van der Waals surface area contributed by atoms with E-state index in [2.05, 4.69) is 120 Å². The summed E-state index contributed by atoms with van der Waals surface area (Å²) >= 11 is 0. The van der Waals surface area contributed by atoms with Crippen molar-refractivity contribution in [1.29, 1.82) is 0 Å². The molecule has 0 aliphatic rings. The highest BCUT2D eigenvalue weighted by atomic mass is 16.3. The van der Waals surface area contributed by atoms with Crippen LogP contribution >= 0.6 is 0 Å². The van der Waals surface area contributed by atoms with E-state index in [0.29, 0.717) is 17.5 Å². The number of rotatable bonds is 5. The number of fused-ring (bicyclic) bond motifs is 6. The Morgan fingerprint density at radius 3 is 1.38 bits per heavy atom. The fraction of sp³-hybridized carbons (Fsp3) is 0. The van der Waals surface area contributed by atoms with Crippen LogP contribution in [0.4, 0.5) is 0 Å². The Hall–Kier alpha value is -7.63. The summed E-state index contributed by atoms with van der Waals surface area (Å²) in [4.78, 5) is 14.7. The van der Waals surface area contributed by atoms with Gasteiger partial charge in [0.1, 0.15) is 11.2 Å². The SMILES string of the molecule is c1ccc(-c2nc(-c3ccccc3)nc(-c3ccc4c(c3)oc3cc(-c5ccc6c(c5)c5cccc7c5c5c6cccc5n7-c5ccccc5)ccc34)n2)cc1. The summed E-state index contributed by atoms with van der Waals surface area (Å²) in [7, 11) is 0. The third-order valence-electron chi connectivity index (χ3n) is 11.2. The molecule has 3 heterocycles. The normalized spacial score (nSPS) is 11.9. The second kappa shape index (κ2) is 11.9. The van der Waals surface area contributed by atoms with Gasteiger partial charge in [0.15, 0.2) is 17.5 Å².